The second-order valence-electron chi connectivity index (χ2n) is 2.99. The van der Waals surface area contributed by atoms with Crippen LogP contribution in [0.5, 0.6) is 0 Å². The Kier molecular flexibility index (Phi) is 2.60. The monoisotopic (exact) mass is 224 g/mol. The number of nitrogens with zero attached hydrogens (tertiary/aromatic N) is 1. The number of ether oxygens (including phenoxy) is 1. The van der Waals surface area contributed by atoms with Gasteiger partial charge in [-0.2, -0.15) is 0 Å². The smallest absolute Gasteiger partial charge is 0.354 e. The van der Waals surface area contributed by atoms with E-state index >= 15 is 0 Å². The molecule has 0 spiro atoms. The molecule has 2 aromatic rings. The summed E-state index contributed by atoms with van der Waals surface area (Å²) in [5.41, 5.74) is 1.02. The molecule has 1 N–H and O–H groups in total. The molecule has 0 aromatic carbocycles. The van der Waals surface area contributed by atoms with Crippen LogP contribution in [0.15, 0.2) is 18.3 Å². The maximum absolute atomic E-state index is 11.4. The molecule has 78 valence electrons. The molecule has 0 unspecified atom stereocenters. The molecule has 0 aliphatic heterocycles. The highest BCUT2D eigenvalue weighted by Gasteiger charge is 2.10. The van der Waals surface area contributed by atoms with Crippen LogP contribution in [-0.4, -0.2) is 22.5 Å². The van der Waals surface area contributed by atoms with Crippen molar-refractivity contribution in [2.45, 2.75) is 6.92 Å². The number of carbonyl (C=O) groups is 1. The molecule has 5 heteroatoms. The van der Waals surface area contributed by atoms with Crippen LogP contribution in [0.2, 0.25) is 5.02 Å². The largest absolute Gasteiger partial charge is 0.461 e. The van der Waals surface area contributed by atoms with Crippen LogP contribution in [0, 0.1) is 0 Å². The molecule has 2 aromatic heterocycles. The summed E-state index contributed by atoms with van der Waals surface area (Å²) in [6.45, 7) is 2.11. The zero-order valence-electron chi connectivity index (χ0n) is 8.08. The van der Waals surface area contributed by atoms with Gasteiger partial charge < -0.3 is 9.72 Å². The van der Waals surface area contributed by atoms with Crippen molar-refractivity contribution in [3.8, 4) is 0 Å². The highest BCUT2D eigenvalue weighted by molar-refractivity contribution is 6.31. The summed E-state index contributed by atoms with van der Waals surface area (Å²) in [7, 11) is 0. The topological polar surface area (TPSA) is 55.0 Å². The van der Waals surface area contributed by atoms with Gasteiger partial charge in [-0.25, -0.2) is 9.78 Å². The molecule has 0 saturated heterocycles. The second kappa shape index (κ2) is 3.90. The lowest BCUT2D eigenvalue weighted by molar-refractivity contribution is 0.0520. The second-order valence-corrected chi connectivity index (χ2v) is 3.43. The summed E-state index contributed by atoms with van der Waals surface area (Å²) in [6, 6.07) is 3.41. The number of esters is 1. The number of carbonyl (C=O) groups excluding carboxylic acids is 1. The third-order valence-electron chi connectivity index (χ3n) is 1.93. The first-order chi connectivity index (χ1) is 7.20. The third-order valence-corrected chi connectivity index (χ3v) is 2.14. The van der Waals surface area contributed by atoms with Gasteiger partial charge in [0.2, 0.25) is 0 Å². The fraction of sp³-hybridized carbons (Fsp3) is 0.200. The van der Waals surface area contributed by atoms with E-state index in [1.54, 1.807) is 19.1 Å². The number of hydrogen-bond donors (Lipinski definition) is 1. The standard InChI is InChI=1S/C10H9ClN2O2/c1-2-15-10(14)8-4-6-3-7(11)5-12-9(6)13-8/h3-5H,2H2,1H3,(H,12,13). The van der Waals surface area contributed by atoms with Crippen molar-refractivity contribution in [1.29, 1.82) is 0 Å². The van der Waals surface area contributed by atoms with Crippen LogP contribution in [-0.2, 0) is 4.74 Å². The molecule has 4 nitrogen and oxygen atoms in total. The first kappa shape index (κ1) is 9.98. The van der Waals surface area contributed by atoms with Gasteiger partial charge in [-0.3, -0.25) is 0 Å². The minimum atomic E-state index is -0.383. The average Bonchev–Trinajstić information content (AvgIpc) is 2.60. The Hall–Kier alpha value is -1.55. The van der Waals surface area contributed by atoms with Crippen LogP contribution in [0.4, 0.5) is 0 Å². The van der Waals surface area contributed by atoms with E-state index in [1.807, 2.05) is 0 Å². The van der Waals surface area contributed by atoms with Gasteiger partial charge in [0.05, 0.1) is 11.6 Å². The van der Waals surface area contributed by atoms with E-state index in [1.165, 1.54) is 6.20 Å². The summed E-state index contributed by atoms with van der Waals surface area (Å²) in [6.07, 6.45) is 1.52. The van der Waals surface area contributed by atoms with Crippen molar-refractivity contribution in [3.63, 3.8) is 0 Å². The van der Waals surface area contributed by atoms with Crippen molar-refractivity contribution in [2.24, 2.45) is 0 Å². The summed E-state index contributed by atoms with van der Waals surface area (Å²) in [5, 5.41) is 1.34. The molecule has 0 radical (unpaired) electrons. The molecule has 15 heavy (non-hydrogen) atoms. The molecule has 0 aliphatic rings. The predicted octanol–water partition coefficient (Wildman–Crippen LogP) is 2.39. The summed E-state index contributed by atoms with van der Waals surface area (Å²) in [4.78, 5) is 18.3. The fourth-order valence-electron chi connectivity index (χ4n) is 1.31. The van der Waals surface area contributed by atoms with Gasteiger partial charge >= 0.3 is 5.97 Å². The van der Waals surface area contributed by atoms with Gasteiger partial charge in [0.15, 0.2) is 0 Å². The number of nitrogens with one attached hydrogen (secondary N) is 1. The van der Waals surface area contributed by atoms with E-state index in [2.05, 4.69) is 9.97 Å². The van der Waals surface area contributed by atoms with Crippen LogP contribution >= 0.6 is 11.6 Å². The molecule has 0 amide bonds. The summed E-state index contributed by atoms with van der Waals surface area (Å²) < 4.78 is 4.86. The average molecular weight is 225 g/mol. The SMILES string of the molecule is CCOC(=O)c1cc2cc(Cl)cnc2[nH]1. The first-order valence-electron chi connectivity index (χ1n) is 4.52. The van der Waals surface area contributed by atoms with Crippen LogP contribution in [0.1, 0.15) is 17.4 Å². The lowest BCUT2D eigenvalue weighted by atomic mass is 10.3. The van der Waals surface area contributed by atoms with Gasteiger partial charge in [-0.15, -0.1) is 0 Å². The van der Waals surface area contributed by atoms with E-state index in [9.17, 15) is 4.79 Å². The number of fused-ring (bicyclic) bond motifs is 1. The molecule has 0 aliphatic carbocycles. The lowest BCUT2D eigenvalue weighted by Gasteiger charge is -1.96. The zero-order valence-corrected chi connectivity index (χ0v) is 8.84. The predicted molar refractivity (Wildman–Crippen MR) is 57.1 cm³/mol. The Morgan fingerprint density at radius 1 is 1.60 bits per heavy atom. The first-order valence-corrected chi connectivity index (χ1v) is 4.90. The lowest BCUT2D eigenvalue weighted by Crippen LogP contribution is -2.04. The van der Waals surface area contributed by atoms with E-state index in [-0.39, 0.29) is 5.97 Å². The van der Waals surface area contributed by atoms with Crippen LogP contribution in [0.25, 0.3) is 11.0 Å². The Morgan fingerprint density at radius 3 is 3.13 bits per heavy atom. The Bertz CT molecular complexity index is 507. The van der Waals surface area contributed by atoms with Gasteiger partial charge in [-0.05, 0) is 19.1 Å². The maximum atomic E-state index is 11.4. The van der Waals surface area contributed by atoms with Gasteiger partial charge in [0.25, 0.3) is 0 Å². The molecular formula is C10H9ClN2O2. The quantitative estimate of drug-likeness (QED) is 0.797. The van der Waals surface area contributed by atoms with E-state index < -0.39 is 0 Å². The van der Waals surface area contributed by atoms with Crippen LogP contribution in [0.3, 0.4) is 0 Å². The van der Waals surface area contributed by atoms with Crippen molar-refractivity contribution < 1.29 is 9.53 Å². The third kappa shape index (κ3) is 1.94. The maximum Gasteiger partial charge on any atom is 0.354 e. The highest BCUT2D eigenvalue weighted by atomic mass is 35.5. The molecule has 2 heterocycles. The Labute approximate surface area is 91.2 Å². The summed E-state index contributed by atoms with van der Waals surface area (Å²) >= 11 is 5.78. The van der Waals surface area contributed by atoms with E-state index in [4.69, 9.17) is 16.3 Å². The number of aromatic nitrogens is 2. The van der Waals surface area contributed by atoms with E-state index in [0.29, 0.717) is 23.0 Å². The van der Waals surface area contributed by atoms with Crippen molar-refractivity contribution in [2.75, 3.05) is 6.61 Å². The van der Waals surface area contributed by atoms with Crippen molar-refractivity contribution >= 4 is 28.6 Å². The van der Waals surface area contributed by atoms with Gasteiger partial charge in [0, 0.05) is 11.6 Å². The van der Waals surface area contributed by atoms with Crippen LogP contribution < -0.4 is 0 Å². The van der Waals surface area contributed by atoms with Gasteiger partial charge in [0.1, 0.15) is 11.3 Å². The van der Waals surface area contributed by atoms with Crippen molar-refractivity contribution in [3.05, 3.63) is 29.0 Å². The minimum absolute atomic E-state index is 0.350. The zero-order chi connectivity index (χ0) is 10.8. The minimum Gasteiger partial charge on any atom is -0.461 e. The van der Waals surface area contributed by atoms with Gasteiger partial charge in [-0.1, -0.05) is 11.6 Å². The van der Waals surface area contributed by atoms with Crippen molar-refractivity contribution in [1.82, 2.24) is 9.97 Å². The molecule has 0 fully saturated rings. The number of H-pyrrole nitrogens is 1. The molecule has 2 rings (SSSR count). The molecule has 0 atom stereocenters. The Morgan fingerprint density at radius 2 is 2.40 bits per heavy atom. The molecule has 0 bridgehead atoms. The number of halogens is 1. The Balaban J connectivity index is 2.42. The highest BCUT2D eigenvalue weighted by Crippen LogP contribution is 2.17. The number of pyridine rings is 1. The normalized spacial score (nSPS) is 10.5. The van der Waals surface area contributed by atoms with E-state index in [0.717, 1.165) is 5.39 Å². The fourth-order valence-corrected chi connectivity index (χ4v) is 1.47. The number of rotatable bonds is 2. The number of aromatic amines is 1. The summed E-state index contributed by atoms with van der Waals surface area (Å²) in [5.74, 6) is -0.383. The molecular weight excluding hydrogens is 216 g/mol. The number of hydrogen-bond acceptors (Lipinski definition) is 3. The molecule has 0 saturated carbocycles.